The number of hydrogen-bond acceptors (Lipinski definition) is 6. The van der Waals surface area contributed by atoms with Crippen LogP contribution in [0.3, 0.4) is 0 Å². The topological polar surface area (TPSA) is 105 Å². The molecule has 7 nitrogen and oxygen atoms in total. The van der Waals surface area contributed by atoms with Crippen LogP contribution in [-0.4, -0.2) is 48.6 Å². The molecule has 0 saturated carbocycles. The zero-order valence-corrected chi connectivity index (χ0v) is 33.9. The second kappa shape index (κ2) is 38.6. The number of rotatable bonds is 38. The molecular formula is C42H76BrNO6. The Hall–Kier alpha value is -1.67. The van der Waals surface area contributed by atoms with Crippen LogP contribution in [0.2, 0.25) is 0 Å². The lowest BCUT2D eigenvalue weighted by atomic mass is 10.1. The molecule has 8 heteroatoms. The van der Waals surface area contributed by atoms with Crippen molar-refractivity contribution in [2.45, 2.75) is 206 Å². The van der Waals surface area contributed by atoms with E-state index in [2.05, 4.69) is 54.1 Å². The van der Waals surface area contributed by atoms with Gasteiger partial charge in [0.2, 0.25) is 6.10 Å². The van der Waals surface area contributed by atoms with Crippen LogP contribution in [0.15, 0.2) is 24.3 Å². The van der Waals surface area contributed by atoms with Crippen molar-refractivity contribution in [1.29, 1.82) is 0 Å². The van der Waals surface area contributed by atoms with E-state index >= 15 is 0 Å². The Balaban J connectivity index is 4.13. The molecule has 0 aliphatic carbocycles. The Morgan fingerprint density at radius 2 is 0.940 bits per heavy atom. The van der Waals surface area contributed by atoms with Crippen molar-refractivity contribution in [3.8, 4) is 0 Å². The molecule has 2 unspecified atom stereocenters. The van der Waals surface area contributed by atoms with Gasteiger partial charge in [-0.1, -0.05) is 157 Å². The van der Waals surface area contributed by atoms with Crippen LogP contribution in [0, 0.1) is 0 Å². The largest absolute Gasteiger partial charge is 0.463 e. The van der Waals surface area contributed by atoms with Gasteiger partial charge in [0.25, 0.3) is 5.91 Å². The van der Waals surface area contributed by atoms with Gasteiger partial charge in [-0.2, -0.15) is 0 Å². The molecule has 0 bridgehead atoms. The van der Waals surface area contributed by atoms with Gasteiger partial charge in [0.1, 0.15) is 12.7 Å². The van der Waals surface area contributed by atoms with Gasteiger partial charge in [-0.15, -0.1) is 0 Å². The fraction of sp³-hybridized carbons (Fsp3) is 0.833. The minimum Gasteiger partial charge on any atom is -0.463 e. The maximum Gasteiger partial charge on any atom is 0.306 e. The highest BCUT2D eigenvalue weighted by Gasteiger charge is 2.32. The van der Waals surface area contributed by atoms with Crippen molar-refractivity contribution in [3.63, 3.8) is 0 Å². The third-order valence-electron chi connectivity index (χ3n) is 8.98. The molecular weight excluding hydrogens is 694 g/mol. The number of carbonyl (C=O) groups excluding carboxylic acids is 3. The van der Waals surface area contributed by atoms with Gasteiger partial charge >= 0.3 is 11.9 Å². The number of halogens is 1. The molecule has 2 atom stereocenters. The molecule has 0 aromatic heterocycles. The standard InChI is InChI=1S/C42H76BrNO6/c1-3-5-7-9-11-13-15-17-19-21-23-25-27-29-31-33-39(45)49-37-38(48-36-35-43)41(42(44)47)50-40(46)34-32-30-28-26-24-22-20-18-16-14-12-10-8-6-4-2/h17-20,38,41H,3-16,21-37H2,1-2H3,(H2,44,47)/b19-17-,20-18-. The summed E-state index contributed by atoms with van der Waals surface area (Å²) in [5.74, 6) is -1.65. The summed E-state index contributed by atoms with van der Waals surface area (Å²) in [6.45, 7) is 4.57. The molecule has 0 aliphatic heterocycles. The molecule has 0 rings (SSSR count). The smallest absolute Gasteiger partial charge is 0.306 e. The molecule has 0 radical (unpaired) electrons. The number of carbonyl (C=O) groups is 3. The van der Waals surface area contributed by atoms with E-state index < -0.39 is 24.1 Å². The lowest BCUT2D eigenvalue weighted by Crippen LogP contribution is -2.46. The summed E-state index contributed by atoms with van der Waals surface area (Å²) in [4.78, 5) is 37.2. The first-order valence-electron chi connectivity index (χ1n) is 20.6. The third-order valence-corrected chi connectivity index (χ3v) is 9.30. The molecule has 292 valence electrons. The number of amides is 1. The summed E-state index contributed by atoms with van der Waals surface area (Å²) >= 11 is 3.31. The summed E-state index contributed by atoms with van der Waals surface area (Å²) < 4.78 is 16.6. The molecule has 0 saturated heterocycles. The highest BCUT2D eigenvalue weighted by Crippen LogP contribution is 2.14. The lowest BCUT2D eigenvalue weighted by Gasteiger charge is -2.24. The first kappa shape index (κ1) is 48.3. The van der Waals surface area contributed by atoms with E-state index in [1.54, 1.807) is 0 Å². The van der Waals surface area contributed by atoms with Gasteiger partial charge in [0, 0.05) is 18.2 Å². The Kier molecular flexibility index (Phi) is 37.3. The summed E-state index contributed by atoms with van der Waals surface area (Å²) in [5, 5.41) is 0.515. The number of nitrogens with two attached hydrogens (primary N) is 1. The first-order chi connectivity index (χ1) is 24.5. The van der Waals surface area contributed by atoms with Gasteiger partial charge in [0.15, 0.2) is 0 Å². The maximum absolute atomic E-state index is 12.6. The molecule has 0 fully saturated rings. The molecule has 50 heavy (non-hydrogen) atoms. The molecule has 1 amide bonds. The maximum atomic E-state index is 12.6. The summed E-state index contributed by atoms with van der Waals surface area (Å²) in [7, 11) is 0. The Morgan fingerprint density at radius 1 is 0.560 bits per heavy atom. The first-order valence-corrected chi connectivity index (χ1v) is 21.7. The molecule has 0 aromatic carbocycles. The Labute approximate surface area is 315 Å². The highest BCUT2D eigenvalue weighted by atomic mass is 79.9. The monoisotopic (exact) mass is 769 g/mol. The molecule has 0 aliphatic rings. The van der Waals surface area contributed by atoms with E-state index in [0.29, 0.717) is 18.2 Å². The Bertz CT molecular complexity index is 848. The van der Waals surface area contributed by atoms with E-state index in [9.17, 15) is 14.4 Å². The number of ether oxygens (including phenoxy) is 3. The van der Waals surface area contributed by atoms with Crippen LogP contribution in [0.4, 0.5) is 0 Å². The predicted molar refractivity (Wildman–Crippen MR) is 212 cm³/mol. The number of hydrogen-bond donors (Lipinski definition) is 1. The normalized spacial score (nSPS) is 12.9. The average Bonchev–Trinajstić information content (AvgIpc) is 3.10. The van der Waals surface area contributed by atoms with E-state index in [-0.39, 0.29) is 25.6 Å². The average molecular weight is 771 g/mol. The van der Waals surface area contributed by atoms with Crippen molar-refractivity contribution in [2.75, 3.05) is 18.5 Å². The van der Waals surface area contributed by atoms with Gasteiger partial charge in [0.05, 0.1) is 6.61 Å². The van der Waals surface area contributed by atoms with Crippen LogP contribution in [0.1, 0.15) is 194 Å². The van der Waals surface area contributed by atoms with E-state index in [1.807, 2.05) is 0 Å². The highest BCUT2D eigenvalue weighted by molar-refractivity contribution is 9.09. The second-order valence-corrected chi connectivity index (χ2v) is 14.6. The molecule has 0 heterocycles. The van der Waals surface area contributed by atoms with E-state index in [0.717, 1.165) is 64.2 Å². The van der Waals surface area contributed by atoms with Crippen LogP contribution in [-0.2, 0) is 28.6 Å². The van der Waals surface area contributed by atoms with Crippen molar-refractivity contribution in [2.24, 2.45) is 5.73 Å². The Morgan fingerprint density at radius 3 is 1.34 bits per heavy atom. The summed E-state index contributed by atoms with van der Waals surface area (Å²) in [6.07, 6.45) is 38.3. The molecule has 0 spiro atoms. The zero-order chi connectivity index (χ0) is 36.8. The van der Waals surface area contributed by atoms with E-state index in [1.165, 1.54) is 96.3 Å². The second-order valence-electron chi connectivity index (χ2n) is 13.8. The van der Waals surface area contributed by atoms with Gasteiger partial charge in [-0.05, 0) is 64.2 Å². The number of alkyl halides is 1. The summed E-state index contributed by atoms with van der Waals surface area (Å²) in [6, 6.07) is 0. The quantitative estimate of drug-likeness (QED) is 0.0290. The fourth-order valence-corrected chi connectivity index (χ4v) is 6.05. The minimum atomic E-state index is -1.31. The molecule has 0 aromatic rings. The molecule has 2 N–H and O–H groups in total. The zero-order valence-electron chi connectivity index (χ0n) is 32.3. The van der Waals surface area contributed by atoms with Gasteiger partial charge < -0.3 is 19.9 Å². The van der Waals surface area contributed by atoms with Gasteiger partial charge in [-0.3, -0.25) is 14.4 Å². The van der Waals surface area contributed by atoms with Crippen molar-refractivity contribution in [3.05, 3.63) is 24.3 Å². The van der Waals surface area contributed by atoms with Crippen LogP contribution in [0.5, 0.6) is 0 Å². The predicted octanol–water partition coefficient (Wildman–Crippen LogP) is 11.8. The third kappa shape index (κ3) is 33.5. The number of primary amides is 1. The van der Waals surface area contributed by atoms with Gasteiger partial charge in [-0.25, -0.2) is 0 Å². The minimum absolute atomic E-state index is 0.189. The number of esters is 2. The van der Waals surface area contributed by atoms with Crippen LogP contribution >= 0.6 is 15.9 Å². The van der Waals surface area contributed by atoms with Crippen molar-refractivity contribution in [1.82, 2.24) is 0 Å². The van der Waals surface area contributed by atoms with E-state index in [4.69, 9.17) is 19.9 Å². The summed E-state index contributed by atoms with van der Waals surface area (Å²) in [5.41, 5.74) is 5.59. The number of unbranched alkanes of at least 4 members (excludes halogenated alkanes) is 22. The van der Waals surface area contributed by atoms with Crippen molar-refractivity contribution >= 4 is 33.8 Å². The van der Waals surface area contributed by atoms with Crippen LogP contribution in [0.25, 0.3) is 0 Å². The van der Waals surface area contributed by atoms with Crippen LogP contribution < -0.4 is 5.73 Å². The van der Waals surface area contributed by atoms with Crippen molar-refractivity contribution < 1.29 is 28.6 Å². The SMILES string of the molecule is CCCCCCCC/C=C\CCCCCCCC(=O)OCC(OCCBr)C(OC(=O)CCCCCCC/C=C\CCCCCCCC)C(N)=O. The fourth-order valence-electron chi connectivity index (χ4n) is 5.86. The number of allylic oxidation sites excluding steroid dienone is 4. The lowest BCUT2D eigenvalue weighted by molar-refractivity contribution is -0.170.